The van der Waals surface area contributed by atoms with Gasteiger partial charge in [-0.25, -0.2) is 0 Å². The number of ether oxygens (including phenoxy) is 1. The molecule has 0 radical (unpaired) electrons. The number of hydrogen-bond acceptors (Lipinski definition) is 2. The molecule has 17 heavy (non-hydrogen) atoms. The van der Waals surface area contributed by atoms with Crippen LogP contribution in [0.25, 0.3) is 0 Å². The predicted molar refractivity (Wildman–Crippen MR) is 55.6 cm³/mol. The van der Waals surface area contributed by atoms with Crippen molar-refractivity contribution in [2.75, 3.05) is 6.54 Å². The Bertz CT molecular complexity index is 365. The van der Waals surface area contributed by atoms with Gasteiger partial charge in [0.05, 0.1) is 0 Å². The highest BCUT2D eigenvalue weighted by atomic mass is 19.4. The summed E-state index contributed by atoms with van der Waals surface area (Å²) in [5.74, 6) is -0.367. The first-order chi connectivity index (χ1) is 7.88. The summed E-state index contributed by atoms with van der Waals surface area (Å²) in [5, 5.41) is 1.75. The Kier molecular flexibility index (Phi) is 4.37. The molecule has 1 amide bonds. The second-order valence-electron chi connectivity index (χ2n) is 3.41. The normalized spacial score (nSPS) is 12.9. The first kappa shape index (κ1) is 13.3. The number of halogens is 3. The third-order valence-electron chi connectivity index (χ3n) is 1.89. The molecule has 0 fully saturated rings. The van der Waals surface area contributed by atoms with Crippen molar-refractivity contribution < 1.29 is 22.7 Å². The van der Waals surface area contributed by atoms with E-state index >= 15 is 0 Å². The lowest BCUT2D eigenvalue weighted by Gasteiger charge is -2.15. The maximum atomic E-state index is 11.9. The zero-order chi connectivity index (χ0) is 12.9. The van der Waals surface area contributed by atoms with Crippen LogP contribution in [-0.4, -0.2) is 24.7 Å². The molecule has 0 saturated heterocycles. The van der Waals surface area contributed by atoms with E-state index in [1.807, 2.05) is 0 Å². The molecule has 94 valence electrons. The van der Waals surface area contributed by atoms with Gasteiger partial charge in [-0.05, 0) is 19.1 Å². The van der Waals surface area contributed by atoms with Crippen LogP contribution >= 0.6 is 0 Å². The molecular formula is C11H12F3NO2. The van der Waals surface area contributed by atoms with Crippen molar-refractivity contribution in [3.63, 3.8) is 0 Å². The van der Waals surface area contributed by atoms with E-state index in [4.69, 9.17) is 4.74 Å². The number of para-hydroxylation sites is 1. The van der Waals surface area contributed by atoms with Crippen molar-refractivity contribution in [3.05, 3.63) is 30.3 Å². The zero-order valence-corrected chi connectivity index (χ0v) is 9.12. The van der Waals surface area contributed by atoms with E-state index in [9.17, 15) is 18.0 Å². The minimum atomic E-state index is -4.41. The van der Waals surface area contributed by atoms with Gasteiger partial charge in [-0.15, -0.1) is 0 Å². The van der Waals surface area contributed by atoms with Gasteiger partial charge in [0, 0.05) is 0 Å². The molecular weight excluding hydrogens is 235 g/mol. The molecule has 0 saturated carbocycles. The van der Waals surface area contributed by atoms with Crippen molar-refractivity contribution in [1.29, 1.82) is 0 Å². The molecule has 6 heteroatoms. The summed E-state index contributed by atoms with van der Waals surface area (Å²) >= 11 is 0. The molecule has 1 atom stereocenters. The number of amides is 1. The minimum Gasteiger partial charge on any atom is -0.481 e. The van der Waals surface area contributed by atoms with Crippen molar-refractivity contribution in [2.45, 2.75) is 19.2 Å². The largest absolute Gasteiger partial charge is 0.481 e. The fraction of sp³-hybridized carbons (Fsp3) is 0.364. The van der Waals surface area contributed by atoms with Crippen LogP contribution in [-0.2, 0) is 4.79 Å². The van der Waals surface area contributed by atoms with E-state index in [1.54, 1.807) is 35.6 Å². The lowest BCUT2D eigenvalue weighted by Crippen LogP contribution is -2.41. The highest BCUT2D eigenvalue weighted by molar-refractivity contribution is 5.80. The minimum absolute atomic E-state index is 0.433. The molecule has 1 aromatic carbocycles. The standard InChI is InChI=1S/C11H12F3NO2/c1-8(10(16)15-7-11(12,13)14)17-9-5-3-2-4-6-9/h2-6,8H,7H2,1H3,(H,15,16)/t8-/m0/s1. The van der Waals surface area contributed by atoms with E-state index in [1.165, 1.54) is 6.92 Å². The lowest BCUT2D eigenvalue weighted by atomic mass is 10.3. The fourth-order valence-electron chi connectivity index (χ4n) is 1.09. The van der Waals surface area contributed by atoms with E-state index in [-0.39, 0.29) is 0 Å². The van der Waals surface area contributed by atoms with E-state index in [0.717, 1.165) is 0 Å². The van der Waals surface area contributed by atoms with Crippen LogP contribution in [0.3, 0.4) is 0 Å². The van der Waals surface area contributed by atoms with Gasteiger partial charge < -0.3 is 10.1 Å². The molecule has 0 aliphatic carbocycles. The summed E-state index contributed by atoms with van der Waals surface area (Å²) in [7, 11) is 0. The molecule has 1 aromatic rings. The van der Waals surface area contributed by atoms with Gasteiger partial charge in [0.1, 0.15) is 12.3 Å². The van der Waals surface area contributed by atoms with Crippen molar-refractivity contribution in [1.82, 2.24) is 5.32 Å². The maximum Gasteiger partial charge on any atom is 0.405 e. The van der Waals surface area contributed by atoms with Gasteiger partial charge >= 0.3 is 6.18 Å². The van der Waals surface area contributed by atoms with Crippen LogP contribution in [0.15, 0.2) is 30.3 Å². The second kappa shape index (κ2) is 5.56. The maximum absolute atomic E-state index is 11.9. The highest BCUT2D eigenvalue weighted by Gasteiger charge is 2.29. The van der Waals surface area contributed by atoms with E-state index in [0.29, 0.717) is 5.75 Å². The fourth-order valence-corrected chi connectivity index (χ4v) is 1.09. The summed E-state index contributed by atoms with van der Waals surface area (Å²) < 4.78 is 40.7. The molecule has 0 unspecified atom stereocenters. The first-order valence-electron chi connectivity index (χ1n) is 4.94. The summed E-state index contributed by atoms with van der Waals surface area (Å²) in [4.78, 5) is 11.3. The molecule has 0 aliphatic rings. The quantitative estimate of drug-likeness (QED) is 0.885. The number of hydrogen-bond donors (Lipinski definition) is 1. The predicted octanol–water partition coefficient (Wildman–Crippen LogP) is 2.13. The number of carbonyl (C=O) groups is 1. The van der Waals surface area contributed by atoms with Crippen LogP contribution in [0.4, 0.5) is 13.2 Å². The monoisotopic (exact) mass is 247 g/mol. The van der Waals surface area contributed by atoms with E-state index < -0.39 is 24.7 Å². The molecule has 0 spiro atoms. The topological polar surface area (TPSA) is 38.3 Å². The molecule has 1 N–H and O–H groups in total. The number of alkyl halides is 3. The van der Waals surface area contributed by atoms with Crippen LogP contribution in [0.2, 0.25) is 0 Å². The Morgan fingerprint density at radius 2 is 1.94 bits per heavy atom. The lowest BCUT2D eigenvalue weighted by molar-refractivity contribution is -0.142. The van der Waals surface area contributed by atoms with Gasteiger partial charge in [-0.3, -0.25) is 4.79 Å². The highest BCUT2D eigenvalue weighted by Crippen LogP contribution is 2.13. The number of carbonyl (C=O) groups excluding carboxylic acids is 1. The average molecular weight is 247 g/mol. The number of rotatable bonds is 4. The zero-order valence-electron chi connectivity index (χ0n) is 9.12. The Balaban J connectivity index is 2.43. The van der Waals surface area contributed by atoms with Crippen LogP contribution < -0.4 is 10.1 Å². The number of benzene rings is 1. The summed E-state index contributed by atoms with van der Waals surface area (Å²) in [5.41, 5.74) is 0. The Hall–Kier alpha value is -1.72. The Morgan fingerprint density at radius 1 is 1.35 bits per heavy atom. The molecule has 1 rings (SSSR count). The van der Waals surface area contributed by atoms with Gasteiger partial charge in [0.2, 0.25) is 0 Å². The van der Waals surface area contributed by atoms with Crippen LogP contribution in [0.1, 0.15) is 6.92 Å². The first-order valence-corrected chi connectivity index (χ1v) is 4.94. The number of nitrogens with one attached hydrogen (secondary N) is 1. The Morgan fingerprint density at radius 3 is 2.47 bits per heavy atom. The molecule has 0 bridgehead atoms. The SMILES string of the molecule is C[C@H](Oc1ccccc1)C(=O)NCC(F)(F)F. The summed E-state index contributed by atoms with van der Waals surface area (Å²) in [6.45, 7) is 0.0348. The molecule has 0 aromatic heterocycles. The van der Waals surface area contributed by atoms with Crippen molar-refractivity contribution in [2.24, 2.45) is 0 Å². The Labute approximate surface area is 96.6 Å². The smallest absolute Gasteiger partial charge is 0.405 e. The van der Waals surface area contributed by atoms with Gasteiger partial charge in [0.15, 0.2) is 6.10 Å². The van der Waals surface area contributed by atoms with Gasteiger partial charge in [-0.2, -0.15) is 13.2 Å². The average Bonchev–Trinajstić information content (AvgIpc) is 2.26. The van der Waals surface area contributed by atoms with Gasteiger partial charge in [-0.1, -0.05) is 18.2 Å². The van der Waals surface area contributed by atoms with Crippen LogP contribution in [0.5, 0.6) is 5.75 Å². The molecule has 0 aliphatic heterocycles. The second-order valence-corrected chi connectivity index (χ2v) is 3.41. The summed E-state index contributed by atoms with van der Waals surface area (Å²) in [6.07, 6.45) is -5.39. The van der Waals surface area contributed by atoms with Crippen molar-refractivity contribution in [3.8, 4) is 5.75 Å². The van der Waals surface area contributed by atoms with E-state index in [2.05, 4.69) is 0 Å². The third kappa shape index (κ3) is 5.24. The van der Waals surface area contributed by atoms with Gasteiger partial charge in [0.25, 0.3) is 5.91 Å². The third-order valence-corrected chi connectivity index (χ3v) is 1.89. The summed E-state index contributed by atoms with van der Waals surface area (Å²) in [6, 6.07) is 8.41. The van der Waals surface area contributed by atoms with Crippen LogP contribution in [0, 0.1) is 0 Å². The molecule has 0 heterocycles. The molecule has 3 nitrogen and oxygen atoms in total. The van der Waals surface area contributed by atoms with Crippen molar-refractivity contribution >= 4 is 5.91 Å².